The Morgan fingerprint density at radius 2 is 2.11 bits per heavy atom. The van der Waals surface area contributed by atoms with Crippen LogP contribution in [0.5, 0.6) is 0 Å². The molecular weight excluding hydrogens is 264 g/mol. The van der Waals surface area contributed by atoms with Gasteiger partial charge in [0, 0.05) is 19.1 Å². The van der Waals surface area contributed by atoms with E-state index in [4.69, 9.17) is 10.8 Å². The third kappa shape index (κ3) is 2.97. The molecule has 5 nitrogen and oxygen atoms in total. The number of hydrogen-bond donors (Lipinski definition) is 2. The van der Waals surface area contributed by atoms with Crippen LogP contribution in [0, 0.1) is 6.92 Å². The van der Waals surface area contributed by atoms with Gasteiger partial charge in [0.05, 0.1) is 11.5 Å². The Balaban J connectivity index is 2.42. The van der Waals surface area contributed by atoms with Gasteiger partial charge in [0.15, 0.2) is 0 Å². The van der Waals surface area contributed by atoms with E-state index in [-0.39, 0.29) is 19.2 Å². The Labute approximate surface area is 114 Å². The second-order valence-corrected chi connectivity index (χ2v) is 6.73. The van der Waals surface area contributed by atoms with Crippen LogP contribution in [0.4, 0.5) is 0 Å². The number of benzene rings is 1. The van der Waals surface area contributed by atoms with E-state index in [1.807, 2.05) is 6.07 Å². The zero-order valence-corrected chi connectivity index (χ0v) is 11.9. The molecule has 0 bridgehead atoms. The molecule has 0 atom stereocenters. The predicted molar refractivity (Wildman–Crippen MR) is 73.1 cm³/mol. The van der Waals surface area contributed by atoms with E-state index in [0.717, 1.165) is 18.4 Å². The molecular formula is C13H20N2O3S. The first kappa shape index (κ1) is 14.5. The molecule has 0 aliphatic heterocycles. The monoisotopic (exact) mass is 284 g/mol. The molecule has 0 saturated heterocycles. The lowest BCUT2D eigenvalue weighted by Gasteiger charge is -2.22. The topological polar surface area (TPSA) is 83.6 Å². The minimum atomic E-state index is -3.55. The number of aryl methyl sites for hydroxylation is 1. The maximum absolute atomic E-state index is 12.7. The third-order valence-corrected chi connectivity index (χ3v) is 5.44. The van der Waals surface area contributed by atoms with Gasteiger partial charge in [-0.1, -0.05) is 12.1 Å². The van der Waals surface area contributed by atoms with Crippen molar-refractivity contribution in [1.82, 2.24) is 4.31 Å². The molecule has 19 heavy (non-hydrogen) atoms. The first-order valence-corrected chi connectivity index (χ1v) is 7.87. The van der Waals surface area contributed by atoms with Gasteiger partial charge in [0.2, 0.25) is 10.0 Å². The van der Waals surface area contributed by atoms with Crippen molar-refractivity contribution in [3.8, 4) is 0 Å². The van der Waals surface area contributed by atoms with Crippen molar-refractivity contribution in [1.29, 1.82) is 0 Å². The van der Waals surface area contributed by atoms with Gasteiger partial charge < -0.3 is 10.8 Å². The number of aliphatic hydroxyl groups is 1. The number of sulfonamides is 1. The summed E-state index contributed by atoms with van der Waals surface area (Å²) in [6.45, 7) is 2.08. The second kappa shape index (κ2) is 5.58. The molecule has 1 saturated carbocycles. The lowest BCUT2D eigenvalue weighted by Crippen LogP contribution is -2.36. The maximum atomic E-state index is 12.7. The molecule has 0 spiro atoms. The summed E-state index contributed by atoms with van der Waals surface area (Å²) in [6, 6.07) is 5.29. The van der Waals surface area contributed by atoms with Gasteiger partial charge in [-0.3, -0.25) is 0 Å². The van der Waals surface area contributed by atoms with Crippen LogP contribution < -0.4 is 5.73 Å². The van der Waals surface area contributed by atoms with Crippen LogP contribution in [0.1, 0.15) is 24.0 Å². The highest BCUT2D eigenvalue weighted by molar-refractivity contribution is 7.89. The van der Waals surface area contributed by atoms with E-state index in [1.165, 1.54) is 4.31 Å². The highest BCUT2D eigenvalue weighted by Gasteiger charge is 2.38. The van der Waals surface area contributed by atoms with E-state index < -0.39 is 10.0 Å². The molecule has 2 rings (SSSR count). The Morgan fingerprint density at radius 3 is 2.63 bits per heavy atom. The summed E-state index contributed by atoms with van der Waals surface area (Å²) in [7, 11) is -3.55. The average molecular weight is 284 g/mol. The Morgan fingerprint density at radius 1 is 1.42 bits per heavy atom. The quantitative estimate of drug-likeness (QED) is 0.801. The fourth-order valence-electron chi connectivity index (χ4n) is 2.14. The molecule has 0 unspecified atom stereocenters. The first-order valence-electron chi connectivity index (χ1n) is 6.43. The van der Waals surface area contributed by atoms with Crippen molar-refractivity contribution >= 4 is 10.0 Å². The van der Waals surface area contributed by atoms with Crippen molar-refractivity contribution in [2.24, 2.45) is 5.73 Å². The number of hydrogen-bond acceptors (Lipinski definition) is 4. The minimum Gasteiger partial charge on any atom is -0.395 e. The first-order chi connectivity index (χ1) is 9.00. The standard InChI is InChI=1S/C13H20N2O3S/c1-10-2-3-11(9-14)8-13(10)19(17,18)15(6-7-16)12-4-5-12/h2-3,8,12,16H,4-7,9,14H2,1H3. The van der Waals surface area contributed by atoms with Gasteiger partial charge in [-0.25, -0.2) is 8.42 Å². The van der Waals surface area contributed by atoms with Crippen LogP contribution in [-0.4, -0.2) is 37.0 Å². The van der Waals surface area contributed by atoms with Gasteiger partial charge in [-0.15, -0.1) is 0 Å². The zero-order valence-electron chi connectivity index (χ0n) is 11.0. The van der Waals surface area contributed by atoms with Gasteiger partial charge in [-0.05, 0) is 37.0 Å². The zero-order chi connectivity index (χ0) is 14.0. The van der Waals surface area contributed by atoms with Crippen LogP contribution in [0.25, 0.3) is 0 Å². The molecule has 1 fully saturated rings. The van der Waals surface area contributed by atoms with E-state index in [0.29, 0.717) is 17.0 Å². The summed E-state index contributed by atoms with van der Waals surface area (Å²) in [5, 5.41) is 9.07. The van der Waals surface area contributed by atoms with E-state index >= 15 is 0 Å². The molecule has 1 aromatic carbocycles. The SMILES string of the molecule is Cc1ccc(CN)cc1S(=O)(=O)N(CCO)C1CC1. The molecule has 1 aliphatic rings. The van der Waals surface area contributed by atoms with Gasteiger partial charge in [0.1, 0.15) is 0 Å². The summed E-state index contributed by atoms with van der Waals surface area (Å²) >= 11 is 0. The van der Waals surface area contributed by atoms with Crippen LogP contribution in [-0.2, 0) is 16.6 Å². The van der Waals surface area contributed by atoms with Crippen LogP contribution in [0.15, 0.2) is 23.1 Å². The van der Waals surface area contributed by atoms with Gasteiger partial charge >= 0.3 is 0 Å². The average Bonchev–Trinajstić information content (AvgIpc) is 3.20. The van der Waals surface area contributed by atoms with Crippen molar-refractivity contribution in [2.45, 2.75) is 37.2 Å². The van der Waals surface area contributed by atoms with Crippen molar-refractivity contribution < 1.29 is 13.5 Å². The Bertz CT molecular complexity index is 553. The largest absolute Gasteiger partial charge is 0.395 e. The summed E-state index contributed by atoms with van der Waals surface area (Å²) in [5.74, 6) is 0. The second-order valence-electron chi connectivity index (χ2n) is 4.87. The summed E-state index contributed by atoms with van der Waals surface area (Å²) < 4.78 is 26.7. The van der Waals surface area contributed by atoms with Crippen molar-refractivity contribution in [3.63, 3.8) is 0 Å². The van der Waals surface area contributed by atoms with Crippen LogP contribution >= 0.6 is 0 Å². The van der Waals surface area contributed by atoms with Crippen LogP contribution in [0.3, 0.4) is 0 Å². The number of aliphatic hydroxyl groups excluding tert-OH is 1. The van der Waals surface area contributed by atoms with E-state index in [9.17, 15) is 8.42 Å². The third-order valence-electron chi connectivity index (χ3n) is 3.35. The molecule has 1 aromatic rings. The van der Waals surface area contributed by atoms with E-state index in [1.54, 1.807) is 19.1 Å². The molecule has 3 N–H and O–H groups in total. The minimum absolute atomic E-state index is 0.0399. The summed E-state index contributed by atoms with van der Waals surface area (Å²) in [6.07, 6.45) is 1.74. The Hall–Kier alpha value is -0.950. The highest BCUT2D eigenvalue weighted by Crippen LogP contribution is 2.32. The number of nitrogens with two attached hydrogens (primary N) is 1. The summed E-state index contributed by atoms with van der Waals surface area (Å²) in [5.41, 5.74) is 7.07. The molecule has 0 heterocycles. The molecule has 0 aromatic heterocycles. The van der Waals surface area contributed by atoms with Gasteiger partial charge in [-0.2, -0.15) is 4.31 Å². The van der Waals surface area contributed by atoms with Crippen LogP contribution in [0.2, 0.25) is 0 Å². The molecule has 6 heteroatoms. The lowest BCUT2D eigenvalue weighted by molar-refractivity contribution is 0.250. The predicted octanol–water partition coefficient (Wildman–Crippen LogP) is 0.599. The fraction of sp³-hybridized carbons (Fsp3) is 0.538. The Kier molecular flexibility index (Phi) is 4.25. The van der Waals surface area contributed by atoms with Crippen molar-refractivity contribution in [3.05, 3.63) is 29.3 Å². The smallest absolute Gasteiger partial charge is 0.243 e. The fourth-order valence-corrected chi connectivity index (χ4v) is 4.09. The van der Waals surface area contributed by atoms with Crippen molar-refractivity contribution in [2.75, 3.05) is 13.2 Å². The normalized spacial score (nSPS) is 16.0. The number of rotatable bonds is 6. The molecule has 0 radical (unpaired) electrons. The highest BCUT2D eigenvalue weighted by atomic mass is 32.2. The number of nitrogens with zero attached hydrogens (tertiary/aromatic N) is 1. The molecule has 106 valence electrons. The maximum Gasteiger partial charge on any atom is 0.243 e. The van der Waals surface area contributed by atoms with E-state index in [2.05, 4.69) is 0 Å². The lowest BCUT2D eigenvalue weighted by atomic mass is 10.1. The summed E-state index contributed by atoms with van der Waals surface area (Å²) in [4.78, 5) is 0.302. The van der Waals surface area contributed by atoms with Gasteiger partial charge in [0.25, 0.3) is 0 Å². The molecule has 1 aliphatic carbocycles. The molecule has 0 amide bonds.